The molecule has 0 saturated heterocycles. The number of nitrogens with two attached hydrogens (primary N) is 1. The Hall–Kier alpha value is -1.06. The highest BCUT2D eigenvalue weighted by atomic mass is 16.5. The summed E-state index contributed by atoms with van der Waals surface area (Å²) in [7, 11) is 1.69. The van der Waals surface area contributed by atoms with Crippen LogP contribution in [0.5, 0.6) is 5.75 Å². The van der Waals surface area contributed by atoms with Crippen molar-refractivity contribution in [1.82, 2.24) is 4.90 Å². The van der Waals surface area contributed by atoms with Crippen molar-refractivity contribution in [1.29, 1.82) is 0 Å². The summed E-state index contributed by atoms with van der Waals surface area (Å²) in [5, 5.41) is 0. The van der Waals surface area contributed by atoms with E-state index in [9.17, 15) is 0 Å². The van der Waals surface area contributed by atoms with Gasteiger partial charge in [-0.05, 0) is 50.2 Å². The summed E-state index contributed by atoms with van der Waals surface area (Å²) in [5.74, 6) is 0.906. The molecule has 0 fully saturated rings. The molecule has 0 aliphatic heterocycles. The fourth-order valence-electron chi connectivity index (χ4n) is 2.09. The van der Waals surface area contributed by atoms with Crippen molar-refractivity contribution in [2.75, 3.05) is 26.7 Å². The Morgan fingerprint density at radius 3 is 2.61 bits per heavy atom. The van der Waals surface area contributed by atoms with Gasteiger partial charge in [0.2, 0.25) is 0 Å². The molecule has 0 spiro atoms. The summed E-state index contributed by atoms with van der Waals surface area (Å²) in [6, 6.07) is 8.38. The van der Waals surface area contributed by atoms with E-state index in [4.69, 9.17) is 10.5 Å². The second kappa shape index (κ2) is 8.11. The van der Waals surface area contributed by atoms with Crippen LogP contribution in [-0.2, 0) is 6.42 Å². The zero-order chi connectivity index (χ0) is 13.4. The smallest absolute Gasteiger partial charge is 0.119 e. The molecule has 2 N–H and O–H groups in total. The molecule has 0 aliphatic rings. The second-order valence-corrected chi connectivity index (χ2v) is 4.63. The highest BCUT2D eigenvalue weighted by Crippen LogP contribution is 2.14. The van der Waals surface area contributed by atoms with Gasteiger partial charge in [0.25, 0.3) is 0 Å². The molecule has 0 radical (unpaired) electrons. The zero-order valence-corrected chi connectivity index (χ0v) is 11.9. The molecule has 0 aromatic heterocycles. The van der Waals surface area contributed by atoms with Crippen LogP contribution < -0.4 is 10.5 Å². The number of rotatable bonds is 8. The van der Waals surface area contributed by atoms with E-state index in [1.165, 1.54) is 5.56 Å². The minimum atomic E-state index is 0.220. The van der Waals surface area contributed by atoms with E-state index in [2.05, 4.69) is 30.9 Å². The third-order valence-electron chi connectivity index (χ3n) is 3.34. The second-order valence-electron chi connectivity index (χ2n) is 4.63. The average molecular weight is 250 g/mol. The molecule has 0 bridgehead atoms. The number of hydrogen-bond acceptors (Lipinski definition) is 3. The predicted molar refractivity (Wildman–Crippen MR) is 77.1 cm³/mol. The molecule has 0 saturated carbocycles. The van der Waals surface area contributed by atoms with Gasteiger partial charge < -0.3 is 15.4 Å². The normalized spacial score (nSPS) is 12.7. The number of benzene rings is 1. The Kier molecular flexibility index (Phi) is 6.76. The molecule has 1 atom stereocenters. The van der Waals surface area contributed by atoms with Crippen molar-refractivity contribution in [3.8, 4) is 5.75 Å². The van der Waals surface area contributed by atoms with Gasteiger partial charge in [-0.2, -0.15) is 0 Å². The SMILES string of the molecule is CCN(CC)CCC(N)Cc1cccc(OC)c1. The Bertz CT molecular complexity index is 337. The third kappa shape index (κ3) is 5.07. The molecule has 3 heteroatoms. The molecule has 1 aromatic carbocycles. The van der Waals surface area contributed by atoms with E-state index in [0.717, 1.165) is 38.2 Å². The minimum absolute atomic E-state index is 0.220. The number of hydrogen-bond donors (Lipinski definition) is 1. The van der Waals surface area contributed by atoms with Crippen LogP contribution in [0.25, 0.3) is 0 Å². The monoisotopic (exact) mass is 250 g/mol. The molecule has 1 unspecified atom stereocenters. The van der Waals surface area contributed by atoms with E-state index in [1.807, 2.05) is 12.1 Å². The third-order valence-corrected chi connectivity index (χ3v) is 3.34. The lowest BCUT2D eigenvalue weighted by molar-refractivity contribution is 0.290. The lowest BCUT2D eigenvalue weighted by atomic mass is 10.0. The molecule has 0 heterocycles. The van der Waals surface area contributed by atoms with Crippen LogP contribution in [0.3, 0.4) is 0 Å². The van der Waals surface area contributed by atoms with Crippen molar-refractivity contribution >= 4 is 0 Å². The Labute approximate surface area is 111 Å². The number of methoxy groups -OCH3 is 1. The Morgan fingerprint density at radius 2 is 2.00 bits per heavy atom. The first-order valence-corrected chi connectivity index (χ1v) is 6.80. The van der Waals surface area contributed by atoms with E-state index >= 15 is 0 Å². The fraction of sp³-hybridized carbons (Fsp3) is 0.600. The lowest BCUT2D eigenvalue weighted by Gasteiger charge is -2.20. The molecule has 102 valence electrons. The Balaban J connectivity index is 2.41. The highest BCUT2D eigenvalue weighted by Gasteiger charge is 2.07. The maximum Gasteiger partial charge on any atom is 0.119 e. The van der Waals surface area contributed by atoms with E-state index < -0.39 is 0 Å². The quantitative estimate of drug-likeness (QED) is 0.769. The number of nitrogens with zero attached hydrogens (tertiary/aromatic N) is 1. The number of ether oxygens (including phenoxy) is 1. The van der Waals surface area contributed by atoms with Gasteiger partial charge in [0.1, 0.15) is 5.75 Å². The van der Waals surface area contributed by atoms with Gasteiger partial charge in [0.15, 0.2) is 0 Å². The van der Waals surface area contributed by atoms with Gasteiger partial charge >= 0.3 is 0 Å². The van der Waals surface area contributed by atoms with Gasteiger partial charge in [-0.15, -0.1) is 0 Å². The molecule has 18 heavy (non-hydrogen) atoms. The van der Waals surface area contributed by atoms with E-state index in [1.54, 1.807) is 7.11 Å². The summed E-state index contributed by atoms with van der Waals surface area (Å²) in [6.07, 6.45) is 1.96. The van der Waals surface area contributed by atoms with Gasteiger partial charge in [-0.3, -0.25) is 0 Å². The molecular formula is C15H26N2O. The largest absolute Gasteiger partial charge is 0.497 e. The van der Waals surface area contributed by atoms with Crippen LogP contribution in [0, 0.1) is 0 Å². The van der Waals surface area contributed by atoms with E-state index in [-0.39, 0.29) is 6.04 Å². The van der Waals surface area contributed by atoms with Crippen molar-refractivity contribution < 1.29 is 4.74 Å². The van der Waals surface area contributed by atoms with E-state index in [0.29, 0.717) is 0 Å². The predicted octanol–water partition coefficient (Wildman–Crippen LogP) is 2.30. The first-order chi connectivity index (χ1) is 8.69. The minimum Gasteiger partial charge on any atom is -0.497 e. The molecule has 0 amide bonds. The first-order valence-electron chi connectivity index (χ1n) is 6.80. The van der Waals surface area contributed by atoms with Crippen molar-refractivity contribution in [3.63, 3.8) is 0 Å². The molecular weight excluding hydrogens is 224 g/mol. The van der Waals surface area contributed by atoms with Crippen LogP contribution >= 0.6 is 0 Å². The summed E-state index contributed by atoms with van der Waals surface area (Å²) in [4.78, 5) is 2.41. The molecule has 1 aromatic rings. The van der Waals surface area contributed by atoms with Crippen LogP contribution in [0.2, 0.25) is 0 Å². The van der Waals surface area contributed by atoms with Crippen LogP contribution in [0.4, 0.5) is 0 Å². The molecule has 1 rings (SSSR count). The average Bonchev–Trinajstić information content (AvgIpc) is 2.40. The fourth-order valence-corrected chi connectivity index (χ4v) is 2.09. The van der Waals surface area contributed by atoms with Crippen molar-refractivity contribution in [2.24, 2.45) is 5.73 Å². The molecule has 3 nitrogen and oxygen atoms in total. The summed E-state index contributed by atoms with van der Waals surface area (Å²) in [5.41, 5.74) is 7.44. The van der Waals surface area contributed by atoms with Crippen molar-refractivity contribution in [2.45, 2.75) is 32.7 Å². The maximum atomic E-state index is 6.19. The van der Waals surface area contributed by atoms with Gasteiger partial charge in [0.05, 0.1) is 7.11 Å². The highest BCUT2D eigenvalue weighted by molar-refractivity contribution is 5.28. The lowest BCUT2D eigenvalue weighted by Crippen LogP contribution is -2.31. The van der Waals surface area contributed by atoms with Gasteiger partial charge in [0, 0.05) is 6.04 Å². The summed E-state index contributed by atoms with van der Waals surface area (Å²) in [6.45, 7) is 7.66. The summed E-state index contributed by atoms with van der Waals surface area (Å²) >= 11 is 0. The van der Waals surface area contributed by atoms with Crippen LogP contribution in [0.1, 0.15) is 25.8 Å². The van der Waals surface area contributed by atoms with Crippen molar-refractivity contribution in [3.05, 3.63) is 29.8 Å². The molecule has 0 aliphatic carbocycles. The van der Waals surface area contributed by atoms with Crippen LogP contribution in [-0.4, -0.2) is 37.7 Å². The zero-order valence-electron chi connectivity index (χ0n) is 11.9. The van der Waals surface area contributed by atoms with Gasteiger partial charge in [-0.25, -0.2) is 0 Å². The standard InChI is InChI=1S/C15H26N2O/c1-4-17(5-2)10-9-14(16)11-13-7-6-8-15(12-13)18-3/h6-8,12,14H,4-5,9-11,16H2,1-3H3. The topological polar surface area (TPSA) is 38.5 Å². The Morgan fingerprint density at radius 1 is 1.28 bits per heavy atom. The van der Waals surface area contributed by atoms with Crippen LogP contribution in [0.15, 0.2) is 24.3 Å². The first kappa shape index (κ1) is 15.0. The summed E-state index contributed by atoms with van der Waals surface area (Å²) < 4.78 is 5.22. The van der Waals surface area contributed by atoms with Gasteiger partial charge in [-0.1, -0.05) is 26.0 Å². The maximum absolute atomic E-state index is 6.19.